The van der Waals surface area contributed by atoms with Crippen molar-refractivity contribution in [3.05, 3.63) is 64.7 Å². The summed E-state index contributed by atoms with van der Waals surface area (Å²) in [6.07, 6.45) is 0. The quantitative estimate of drug-likeness (QED) is 0.830. The van der Waals surface area contributed by atoms with Crippen molar-refractivity contribution in [2.75, 3.05) is 6.61 Å². The van der Waals surface area contributed by atoms with Crippen LogP contribution in [-0.2, 0) is 16.1 Å². The number of carbonyl (C=O) groups excluding carboxylic acids is 2. The summed E-state index contributed by atoms with van der Waals surface area (Å²) in [5.41, 5.74) is 0.901. The standard InChI is InChI=1S/C16H14ClNO4/c17-12-7-5-11(6-8-12)9-18-15(20)10-22-16(21)13-3-1-2-4-14(13)19/h1-8,19H,9-10H2,(H,18,20). The second-order valence-corrected chi connectivity index (χ2v) is 4.93. The number of halogens is 1. The Morgan fingerprint density at radius 3 is 2.45 bits per heavy atom. The maximum atomic E-state index is 11.7. The van der Waals surface area contributed by atoms with Crippen molar-refractivity contribution >= 4 is 23.5 Å². The average molecular weight is 320 g/mol. The zero-order valence-corrected chi connectivity index (χ0v) is 12.3. The van der Waals surface area contributed by atoms with Crippen molar-refractivity contribution < 1.29 is 19.4 Å². The number of hydrogen-bond donors (Lipinski definition) is 2. The first-order chi connectivity index (χ1) is 10.6. The van der Waals surface area contributed by atoms with E-state index in [1.165, 1.54) is 12.1 Å². The molecule has 0 radical (unpaired) electrons. The van der Waals surface area contributed by atoms with E-state index in [4.69, 9.17) is 16.3 Å². The lowest BCUT2D eigenvalue weighted by molar-refractivity contribution is -0.124. The molecule has 2 aromatic carbocycles. The summed E-state index contributed by atoms with van der Waals surface area (Å²) >= 11 is 5.76. The molecule has 0 bridgehead atoms. The lowest BCUT2D eigenvalue weighted by Crippen LogP contribution is -2.28. The summed E-state index contributed by atoms with van der Waals surface area (Å²) < 4.78 is 4.85. The highest BCUT2D eigenvalue weighted by Gasteiger charge is 2.13. The molecule has 0 aliphatic carbocycles. The van der Waals surface area contributed by atoms with Crippen LogP contribution in [0.2, 0.25) is 5.02 Å². The second-order valence-electron chi connectivity index (χ2n) is 4.50. The van der Waals surface area contributed by atoms with Crippen LogP contribution in [0.15, 0.2) is 48.5 Å². The zero-order chi connectivity index (χ0) is 15.9. The van der Waals surface area contributed by atoms with E-state index in [0.29, 0.717) is 11.6 Å². The first kappa shape index (κ1) is 15.9. The van der Waals surface area contributed by atoms with Gasteiger partial charge in [-0.25, -0.2) is 4.79 Å². The molecule has 0 aromatic heterocycles. The van der Waals surface area contributed by atoms with Gasteiger partial charge in [-0.1, -0.05) is 35.9 Å². The van der Waals surface area contributed by atoms with Crippen molar-refractivity contribution in [3.63, 3.8) is 0 Å². The SMILES string of the molecule is O=C(COC(=O)c1ccccc1O)NCc1ccc(Cl)cc1. The van der Waals surface area contributed by atoms with Crippen molar-refractivity contribution in [3.8, 4) is 5.75 Å². The molecule has 6 heteroatoms. The van der Waals surface area contributed by atoms with Gasteiger partial charge in [0.1, 0.15) is 11.3 Å². The number of benzene rings is 2. The van der Waals surface area contributed by atoms with Gasteiger partial charge in [0.2, 0.25) is 0 Å². The topological polar surface area (TPSA) is 75.6 Å². The lowest BCUT2D eigenvalue weighted by Gasteiger charge is -2.07. The third-order valence-corrected chi connectivity index (χ3v) is 3.11. The van der Waals surface area contributed by atoms with Crippen LogP contribution >= 0.6 is 11.6 Å². The molecule has 5 nitrogen and oxygen atoms in total. The third-order valence-electron chi connectivity index (χ3n) is 2.86. The molecule has 0 unspecified atom stereocenters. The smallest absolute Gasteiger partial charge is 0.342 e. The van der Waals surface area contributed by atoms with Crippen LogP contribution in [0.4, 0.5) is 0 Å². The van der Waals surface area contributed by atoms with E-state index in [1.807, 2.05) is 0 Å². The fourth-order valence-electron chi connectivity index (χ4n) is 1.71. The molecular formula is C16H14ClNO4. The number of rotatable bonds is 5. The number of aromatic hydroxyl groups is 1. The van der Waals surface area contributed by atoms with E-state index in [0.717, 1.165) is 5.56 Å². The Kier molecular flexibility index (Phi) is 5.38. The number of phenols is 1. The maximum Gasteiger partial charge on any atom is 0.342 e. The fraction of sp³-hybridized carbons (Fsp3) is 0.125. The second kappa shape index (κ2) is 7.47. The highest BCUT2D eigenvalue weighted by Crippen LogP contribution is 2.16. The normalized spacial score (nSPS) is 10.0. The summed E-state index contributed by atoms with van der Waals surface area (Å²) in [5.74, 6) is -1.37. The molecular weight excluding hydrogens is 306 g/mol. The van der Waals surface area contributed by atoms with Crippen molar-refractivity contribution in [2.24, 2.45) is 0 Å². The van der Waals surface area contributed by atoms with Gasteiger partial charge in [-0.15, -0.1) is 0 Å². The molecule has 0 saturated carbocycles. The Morgan fingerprint density at radius 1 is 1.09 bits per heavy atom. The molecule has 2 aromatic rings. The minimum absolute atomic E-state index is 0.0213. The summed E-state index contributed by atoms with van der Waals surface area (Å²) in [4.78, 5) is 23.3. The molecule has 0 aliphatic rings. The van der Waals surface area contributed by atoms with Gasteiger partial charge >= 0.3 is 5.97 Å². The number of hydrogen-bond acceptors (Lipinski definition) is 4. The van der Waals surface area contributed by atoms with Gasteiger partial charge < -0.3 is 15.2 Å². The van der Waals surface area contributed by atoms with E-state index >= 15 is 0 Å². The number of esters is 1. The molecule has 0 atom stereocenters. The predicted octanol–water partition coefficient (Wildman–Crippen LogP) is 2.52. The minimum Gasteiger partial charge on any atom is -0.507 e. The number of para-hydroxylation sites is 1. The van der Waals surface area contributed by atoms with Crippen LogP contribution in [0.25, 0.3) is 0 Å². The Labute approximate surface area is 132 Å². The number of ether oxygens (including phenoxy) is 1. The van der Waals surface area contributed by atoms with Gasteiger partial charge in [-0.3, -0.25) is 4.79 Å². The Bertz CT molecular complexity index is 670. The van der Waals surface area contributed by atoms with Crippen LogP contribution < -0.4 is 5.32 Å². The Hall–Kier alpha value is -2.53. The molecule has 1 amide bonds. The molecule has 0 aliphatic heterocycles. The molecule has 0 fully saturated rings. The minimum atomic E-state index is -0.750. The van der Waals surface area contributed by atoms with Gasteiger partial charge in [-0.05, 0) is 29.8 Å². The number of amides is 1. The van der Waals surface area contributed by atoms with Gasteiger partial charge in [0, 0.05) is 11.6 Å². The molecule has 0 spiro atoms. The fourth-order valence-corrected chi connectivity index (χ4v) is 1.84. The predicted molar refractivity (Wildman–Crippen MR) is 81.7 cm³/mol. The molecule has 2 rings (SSSR count). The zero-order valence-electron chi connectivity index (χ0n) is 11.6. The lowest BCUT2D eigenvalue weighted by atomic mass is 10.2. The van der Waals surface area contributed by atoms with Crippen LogP contribution in [-0.4, -0.2) is 23.6 Å². The molecule has 114 valence electrons. The first-order valence-corrected chi connectivity index (χ1v) is 6.90. The van der Waals surface area contributed by atoms with Crippen LogP contribution in [0.5, 0.6) is 5.75 Å². The van der Waals surface area contributed by atoms with E-state index < -0.39 is 18.5 Å². The van der Waals surface area contributed by atoms with Crippen LogP contribution in [0, 0.1) is 0 Å². The van der Waals surface area contributed by atoms with E-state index in [9.17, 15) is 14.7 Å². The van der Waals surface area contributed by atoms with E-state index in [1.54, 1.807) is 36.4 Å². The van der Waals surface area contributed by atoms with Gasteiger partial charge in [0.05, 0.1) is 0 Å². The molecule has 0 saturated heterocycles. The number of nitrogens with one attached hydrogen (secondary N) is 1. The Balaban J connectivity index is 1.79. The molecule has 2 N–H and O–H groups in total. The van der Waals surface area contributed by atoms with Gasteiger partial charge in [0.25, 0.3) is 5.91 Å². The van der Waals surface area contributed by atoms with Crippen LogP contribution in [0.1, 0.15) is 15.9 Å². The highest BCUT2D eigenvalue weighted by atomic mass is 35.5. The summed E-state index contributed by atoms with van der Waals surface area (Å²) in [6, 6.07) is 13.0. The summed E-state index contributed by atoms with van der Waals surface area (Å²) in [5, 5.41) is 12.7. The van der Waals surface area contributed by atoms with Crippen LogP contribution in [0.3, 0.4) is 0 Å². The summed E-state index contributed by atoms with van der Waals surface area (Å²) in [6.45, 7) is -0.106. The molecule has 0 heterocycles. The average Bonchev–Trinajstić information content (AvgIpc) is 2.52. The Morgan fingerprint density at radius 2 is 1.77 bits per heavy atom. The third kappa shape index (κ3) is 4.49. The first-order valence-electron chi connectivity index (χ1n) is 6.52. The van der Waals surface area contributed by atoms with Crippen molar-refractivity contribution in [1.82, 2.24) is 5.32 Å². The maximum absolute atomic E-state index is 11.7. The molecule has 22 heavy (non-hydrogen) atoms. The van der Waals surface area contributed by atoms with E-state index in [2.05, 4.69) is 5.32 Å². The largest absolute Gasteiger partial charge is 0.507 e. The van der Waals surface area contributed by atoms with Crippen molar-refractivity contribution in [1.29, 1.82) is 0 Å². The summed E-state index contributed by atoms with van der Waals surface area (Å²) in [7, 11) is 0. The number of carbonyl (C=O) groups is 2. The highest BCUT2D eigenvalue weighted by molar-refractivity contribution is 6.30. The monoisotopic (exact) mass is 319 g/mol. The van der Waals surface area contributed by atoms with Gasteiger partial charge in [-0.2, -0.15) is 0 Å². The number of phenolic OH excluding ortho intramolecular Hbond substituents is 1. The van der Waals surface area contributed by atoms with E-state index in [-0.39, 0.29) is 11.3 Å². The van der Waals surface area contributed by atoms with Gasteiger partial charge in [0.15, 0.2) is 6.61 Å². The van der Waals surface area contributed by atoms with Crippen molar-refractivity contribution in [2.45, 2.75) is 6.54 Å².